The molecule has 0 fully saturated rings. The van der Waals surface area contributed by atoms with Gasteiger partial charge < -0.3 is 9.97 Å². The number of pyridine rings is 4. The lowest BCUT2D eigenvalue weighted by Gasteiger charge is -2.13. The van der Waals surface area contributed by atoms with Crippen LogP contribution in [0.2, 0.25) is 0 Å². The minimum Gasteiger partial charge on any atom is -0.324 e. The van der Waals surface area contributed by atoms with Gasteiger partial charge in [-0.05, 0) is 138 Å². The summed E-state index contributed by atoms with van der Waals surface area (Å²) in [4.78, 5) is 59.4. The third kappa shape index (κ3) is 6.62. The second-order valence-corrected chi connectivity index (χ2v) is 20.1. The van der Waals surface area contributed by atoms with Crippen molar-refractivity contribution in [3.63, 3.8) is 0 Å². The molecule has 2 aliphatic heterocycles. The van der Waals surface area contributed by atoms with Crippen LogP contribution in [0, 0.1) is 0 Å². The molecule has 12 heteroatoms. The number of fused-ring (bicyclic) bond motifs is 24. The molecule has 7 aromatic heterocycles. The summed E-state index contributed by atoms with van der Waals surface area (Å²) in [6, 6.07) is 59.0. The van der Waals surface area contributed by atoms with E-state index in [1.165, 1.54) is 0 Å². The fourth-order valence-corrected chi connectivity index (χ4v) is 12.4. The van der Waals surface area contributed by atoms with Crippen LogP contribution in [0.4, 0.5) is 0 Å². The summed E-state index contributed by atoms with van der Waals surface area (Å²) >= 11 is 0. The predicted octanol–water partition coefficient (Wildman–Crippen LogP) is 15.7. The molecule has 17 rings (SSSR count). The van der Waals surface area contributed by atoms with E-state index in [1.807, 2.05) is 73.8 Å². The maximum atomic E-state index is 5.71. The molecule has 0 atom stereocenters. The van der Waals surface area contributed by atoms with E-state index in [0.717, 1.165) is 131 Å². The first kappa shape index (κ1) is 43.9. The summed E-state index contributed by atoms with van der Waals surface area (Å²) in [6.07, 6.45) is 14.7. The SMILES string of the molecule is c1ccc2c(-c3ccncc3)c3c(cc2c1)-c1nc-3nc2[nH]c(nc3nc(nc4[nH]c(n1)c1c(-c5ccncc5)c5ccccc5cc41)-c1c-3cc3ccccc3c1-c1ccncc1)c1c(-c3ccncc3)c3ccccc3cc21. The van der Waals surface area contributed by atoms with Crippen molar-refractivity contribution in [1.29, 1.82) is 0 Å². The van der Waals surface area contributed by atoms with Crippen LogP contribution in [0.25, 0.3) is 177 Å². The van der Waals surface area contributed by atoms with E-state index in [1.54, 1.807) is 0 Å². The second-order valence-electron chi connectivity index (χ2n) is 20.1. The van der Waals surface area contributed by atoms with Crippen molar-refractivity contribution in [3.05, 3.63) is 219 Å². The highest BCUT2D eigenvalue weighted by Crippen LogP contribution is 2.50. The van der Waals surface area contributed by atoms with Gasteiger partial charge in [-0.15, -0.1) is 0 Å². The van der Waals surface area contributed by atoms with Crippen molar-refractivity contribution in [3.8, 4) is 90.1 Å². The highest BCUT2D eigenvalue weighted by Gasteiger charge is 2.30. The van der Waals surface area contributed by atoms with Crippen molar-refractivity contribution >= 4 is 87.2 Å². The number of nitrogens with one attached hydrogen (secondary N) is 2. The Hall–Kier alpha value is -11.2. The first-order chi connectivity index (χ1) is 39.7. The summed E-state index contributed by atoms with van der Waals surface area (Å²) in [5.41, 5.74) is 13.5. The van der Waals surface area contributed by atoms with Gasteiger partial charge >= 0.3 is 0 Å². The number of aromatic amines is 2. The fourth-order valence-electron chi connectivity index (χ4n) is 12.4. The van der Waals surface area contributed by atoms with Crippen LogP contribution in [-0.2, 0) is 0 Å². The Morgan fingerprint density at radius 2 is 0.537 bits per heavy atom. The fraction of sp³-hybridized carbons (Fsp3) is 0. The van der Waals surface area contributed by atoms with E-state index in [9.17, 15) is 0 Å². The molecule has 80 heavy (non-hydrogen) atoms. The molecule has 8 aromatic carbocycles. The van der Waals surface area contributed by atoms with Crippen LogP contribution in [-0.4, -0.2) is 59.8 Å². The summed E-state index contributed by atoms with van der Waals surface area (Å²) in [6.45, 7) is 0. The lowest BCUT2D eigenvalue weighted by Crippen LogP contribution is -1.91. The van der Waals surface area contributed by atoms with Gasteiger partial charge in [0.1, 0.15) is 22.6 Å². The number of rotatable bonds is 4. The van der Waals surface area contributed by atoms with E-state index in [-0.39, 0.29) is 0 Å². The van der Waals surface area contributed by atoms with E-state index in [4.69, 9.17) is 29.9 Å². The molecule has 0 aliphatic carbocycles. The van der Waals surface area contributed by atoms with Crippen molar-refractivity contribution in [2.75, 3.05) is 0 Å². The molecule has 8 bridgehead atoms. The summed E-state index contributed by atoms with van der Waals surface area (Å²) in [7, 11) is 0. The van der Waals surface area contributed by atoms with Crippen LogP contribution in [0.3, 0.4) is 0 Å². The Bertz CT molecular complexity index is 4960. The molecule has 2 aliphatic rings. The zero-order valence-electron chi connectivity index (χ0n) is 42.3. The van der Waals surface area contributed by atoms with Crippen LogP contribution in [0.1, 0.15) is 0 Å². The Labute approximate surface area is 454 Å². The average Bonchev–Trinajstić information content (AvgIpc) is 4.41. The zero-order chi connectivity index (χ0) is 52.4. The number of H-pyrrole nitrogens is 2. The average molecular weight is 1020 g/mol. The summed E-state index contributed by atoms with van der Waals surface area (Å²) in [5.74, 6) is 1.96. The number of hydrogen-bond acceptors (Lipinski definition) is 10. The lowest BCUT2D eigenvalue weighted by molar-refractivity contribution is 1.19. The van der Waals surface area contributed by atoms with Crippen molar-refractivity contribution in [2.24, 2.45) is 0 Å². The molecule has 370 valence electrons. The van der Waals surface area contributed by atoms with Gasteiger partial charge in [0, 0.05) is 116 Å². The predicted molar refractivity (Wildman–Crippen MR) is 319 cm³/mol. The van der Waals surface area contributed by atoms with Crippen molar-refractivity contribution < 1.29 is 0 Å². The number of aromatic nitrogens is 12. The Balaban J connectivity index is 1.13. The Morgan fingerprint density at radius 1 is 0.237 bits per heavy atom. The monoisotopic (exact) mass is 1020 g/mol. The molecule has 0 amide bonds. The molecule has 15 aromatic rings. The van der Waals surface area contributed by atoms with E-state index >= 15 is 0 Å². The van der Waals surface area contributed by atoms with E-state index in [2.05, 4.69) is 175 Å². The molecule has 12 nitrogen and oxygen atoms in total. The maximum Gasteiger partial charge on any atom is 0.165 e. The third-order valence-electron chi connectivity index (χ3n) is 15.8. The Morgan fingerprint density at radius 3 is 0.900 bits per heavy atom. The standard InChI is InChI=1S/C68H38N12/c1-5-13-45-41(9-1)33-49-57(53(45)37-17-25-69-26-18-37)65-73-61(49)77-66-58-50(34-42-10-2-6-14-46(42)54(58)38-19-27-70-28-20-38)63(74-66)79-68-60-52(36-44-12-4-8-16-48(44)56(60)40-23-31-72-32-24-40)64(76-68)80-67-59-51(62(75-67)78-65)35-43-11-3-7-15-47(43)55(59)39-21-29-71-30-22-39/h1-36H,(H2,73,74,75,76,77,78,79,80). The molecule has 0 saturated carbocycles. The maximum absolute atomic E-state index is 5.71. The second kappa shape index (κ2) is 17.1. The molecule has 0 unspecified atom stereocenters. The van der Waals surface area contributed by atoms with Gasteiger partial charge in [0.15, 0.2) is 23.3 Å². The van der Waals surface area contributed by atoms with Gasteiger partial charge in [0.2, 0.25) is 0 Å². The summed E-state index contributed by atoms with van der Waals surface area (Å²) < 4.78 is 0. The molecule has 0 radical (unpaired) electrons. The topological polar surface area (TPSA) is 160 Å². The minimum atomic E-state index is 0.491. The summed E-state index contributed by atoms with van der Waals surface area (Å²) in [5, 5.41) is 11.8. The van der Waals surface area contributed by atoms with Gasteiger partial charge in [-0.3, -0.25) is 19.9 Å². The quantitative estimate of drug-likeness (QED) is 0.174. The molecule has 0 spiro atoms. The van der Waals surface area contributed by atoms with E-state index in [0.29, 0.717) is 45.9 Å². The number of benzene rings is 8. The van der Waals surface area contributed by atoms with Crippen molar-refractivity contribution in [2.45, 2.75) is 0 Å². The molecular weight excluding hydrogens is 985 g/mol. The minimum absolute atomic E-state index is 0.491. The van der Waals surface area contributed by atoms with Gasteiger partial charge in [-0.25, -0.2) is 29.9 Å². The molecule has 2 N–H and O–H groups in total. The van der Waals surface area contributed by atoms with Gasteiger partial charge in [0.25, 0.3) is 0 Å². The lowest BCUT2D eigenvalue weighted by atomic mass is 9.90. The van der Waals surface area contributed by atoms with Gasteiger partial charge in [-0.2, -0.15) is 0 Å². The van der Waals surface area contributed by atoms with Crippen LogP contribution < -0.4 is 0 Å². The van der Waals surface area contributed by atoms with Gasteiger partial charge in [0.05, 0.1) is 0 Å². The molecule has 9 heterocycles. The Kier molecular flexibility index (Phi) is 9.41. The van der Waals surface area contributed by atoms with Crippen LogP contribution in [0.5, 0.6) is 0 Å². The largest absolute Gasteiger partial charge is 0.324 e. The first-order valence-electron chi connectivity index (χ1n) is 26.3. The number of hydrogen-bond donors (Lipinski definition) is 2. The zero-order valence-corrected chi connectivity index (χ0v) is 42.3. The van der Waals surface area contributed by atoms with Gasteiger partial charge in [-0.1, -0.05) is 97.1 Å². The van der Waals surface area contributed by atoms with Crippen LogP contribution >= 0.6 is 0 Å². The van der Waals surface area contributed by atoms with Crippen molar-refractivity contribution in [1.82, 2.24) is 59.8 Å². The third-order valence-corrected chi connectivity index (χ3v) is 15.8. The highest BCUT2D eigenvalue weighted by atomic mass is 15.1. The molecular formula is C68H38N12. The molecule has 0 saturated heterocycles. The normalized spacial score (nSPS) is 12.0. The smallest absolute Gasteiger partial charge is 0.165 e. The highest BCUT2D eigenvalue weighted by molar-refractivity contribution is 6.23. The van der Waals surface area contributed by atoms with E-state index < -0.39 is 0 Å². The number of nitrogens with zero attached hydrogens (tertiary/aromatic N) is 10. The first-order valence-corrected chi connectivity index (χ1v) is 26.3. The van der Waals surface area contributed by atoms with Crippen LogP contribution in [0.15, 0.2) is 219 Å².